The summed E-state index contributed by atoms with van der Waals surface area (Å²) in [6.07, 6.45) is 7.73. The fourth-order valence-corrected chi connectivity index (χ4v) is 5.53. The molecule has 5 rings (SSSR count). The third-order valence-corrected chi connectivity index (χ3v) is 7.31. The lowest BCUT2D eigenvalue weighted by Crippen LogP contribution is -2.40. The highest BCUT2D eigenvalue weighted by Gasteiger charge is 2.31. The van der Waals surface area contributed by atoms with Crippen LogP contribution in [-0.4, -0.2) is 50.4 Å². The van der Waals surface area contributed by atoms with Gasteiger partial charge in [-0.25, -0.2) is 0 Å². The normalized spacial score (nSPS) is 19.8. The van der Waals surface area contributed by atoms with E-state index < -0.39 is 0 Å². The van der Waals surface area contributed by atoms with E-state index in [0.29, 0.717) is 6.04 Å². The molecule has 170 valence electrons. The third kappa shape index (κ3) is 4.24. The summed E-state index contributed by atoms with van der Waals surface area (Å²) >= 11 is 0. The largest absolute Gasteiger partial charge is 0.493 e. The van der Waals surface area contributed by atoms with Gasteiger partial charge in [-0.3, -0.25) is 4.90 Å². The number of nitrogens with one attached hydrogen (secondary N) is 1. The van der Waals surface area contributed by atoms with Gasteiger partial charge in [0.15, 0.2) is 11.5 Å². The molecule has 0 radical (unpaired) electrons. The number of methoxy groups -OCH3 is 2. The Morgan fingerprint density at radius 3 is 2.66 bits per heavy atom. The minimum absolute atomic E-state index is 0.384. The molecule has 32 heavy (non-hydrogen) atoms. The molecule has 5 nitrogen and oxygen atoms in total. The maximum absolute atomic E-state index is 5.68. The topological polar surface area (TPSA) is 46.7 Å². The summed E-state index contributed by atoms with van der Waals surface area (Å²) in [6, 6.07) is 13.4. The fourth-order valence-electron chi connectivity index (χ4n) is 5.53. The lowest BCUT2D eigenvalue weighted by Gasteiger charge is -2.40. The highest BCUT2D eigenvalue weighted by atomic mass is 16.5. The molecule has 0 spiro atoms. The van der Waals surface area contributed by atoms with Gasteiger partial charge in [-0.2, -0.15) is 0 Å². The number of para-hydroxylation sites is 1. The highest BCUT2D eigenvalue weighted by Crippen LogP contribution is 2.41. The van der Waals surface area contributed by atoms with E-state index in [4.69, 9.17) is 14.2 Å². The van der Waals surface area contributed by atoms with Crippen LogP contribution in [0.2, 0.25) is 0 Å². The number of hydrogen-bond donors (Lipinski definition) is 1. The number of rotatable bonds is 7. The molecule has 2 aliphatic rings. The number of hydrogen-bond acceptors (Lipinski definition) is 4. The van der Waals surface area contributed by atoms with E-state index in [1.54, 1.807) is 14.2 Å². The van der Waals surface area contributed by atoms with Crippen LogP contribution >= 0.6 is 0 Å². The summed E-state index contributed by atoms with van der Waals surface area (Å²) in [5.74, 6) is 2.39. The average molecular weight is 435 g/mol. The Morgan fingerprint density at radius 2 is 1.84 bits per heavy atom. The standard InChI is InChI=1S/C27H34N2O3/c1-30-26-15-20-9-12-29(18-19-10-13-32-14-11-19)25(23(20)16-27(26)31-2)8-7-21-17-28-24-6-4-3-5-22(21)24/h3-6,15-17,19,25,28H,7-14,18H2,1-2H3/t25-/m1/s1. The predicted molar refractivity (Wildman–Crippen MR) is 128 cm³/mol. The molecule has 2 aromatic carbocycles. The van der Waals surface area contributed by atoms with Gasteiger partial charge in [0, 0.05) is 49.4 Å². The summed E-state index contributed by atoms with van der Waals surface area (Å²) in [5, 5.41) is 1.34. The van der Waals surface area contributed by atoms with Crippen LogP contribution in [0.3, 0.4) is 0 Å². The maximum atomic E-state index is 5.68. The Kier molecular flexibility index (Phi) is 6.37. The molecule has 0 amide bonds. The summed E-state index contributed by atoms with van der Waals surface area (Å²) in [4.78, 5) is 6.16. The van der Waals surface area contributed by atoms with Crippen molar-refractivity contribution in [3.05, 3.63) is 59.3 Å². The zero-order valence-corrected chi connectivity index (χ0v) is 19.2. The van der Waals surface area contributed by atoms with E-state index in [9.17, 15) is 0 Å². The zero-order chi connectivity index (χ0) is 21.9. The molecule has 3 heterocycles. The lowest BCUT2D eigenvalue weighted by atomic mass is 9.87. The zero-order valence-electron chi connectivity index (χ0n) is 19.2. The molecular weight excluding hydrogens is 400 g/mol. The predicted octanol–water partition coefficient (Wildman–Crippen LogP) is 5.14. The lowest BCUT2D eigenvalue weighted by molar-refractivity contribution is 0.0423. The van der Waals surface area contributed by atoms with Crippen molar-refractivity contribution in [3.63, 3.8) is 0 Å². The Labute approximate surface area is 190 Å². The van der Waals surface area contributed by atoms with Gasteiger partial charge in [0.1, 0.15) is 0 Å². The Morgan fingerprint density at radius 1 is 1.06 bits per heavy atom. The Bertz CT molecular complexity index is 1050. The van der Waals surface area contributed by atoms with Crippen molar-refractivity contribution in [2.24, 2.45) is 5.92 Å². The quantitative estimate of drug-likeness (QED) is 0.559. The fraction of sp³-hybridized carbons (Fsp3) is 0.481. The third-order valence-electron chi connectivity index (χ3n) is 7.31. The molecule has 0 unspecified atom stereocenters. The molecule has 1 saturated heterocycles. The van der Waals surface area contributed by atoms with Crippen LogP contribution < -0.4 is 9.47 Å². The molecule has 1 fully saturated rings. The number of nitrogens with zero attached hydrogens (tertiary/aromatic N) is 1. The molecule has 0 bridgehead atoms. The molecule has 0 aliphatic carbocycles. The molecular formula is C27H34N2O3. The number of fused-ring (bicyclic) bond motifs is 2. The number of aromatic amines is 1. The summed E-state index contributed by atoms with van der Waals surface area (Å²) < 4.78 is 16.9. The van der Waals surface area contributed by atoms with Crippen LogP contribution in [0.25, 0.3) is 10.9 Å². The number of benzene rings is 2. The van der Waals surface area contributed by atoms with Crippen molar-refractivity contribution in [2.75, 3.05) is 40.5 Å². The monoisotopic (exact) mass is 434 g/mol. The minimum atomic E-state index is 0.384. The number of aryl methyl sites for hydroxylation is 1. The van der Waals surface area contributed by atoms with Crippen LogP contribution in [0.4, 0.5) is 0 Å². The second kappa shape index (κ2) is 9.55. The van der Waals surface area contributed by atoms with Crippen molar-refractivity contribution in [1.82, 2.24) is 9.88 Å². The van der Waals surface area contributed by atoms with Gasteiger partial charge >= 0.3 is 0 Å². The van der Waals surface area contributed by atoms with E-state index in [1.807, 2.05) is 0 Å². The Balaban J connectivity index is 1.44. The van der Waals surface area contributed by atoms with E-state index in [0.717, 1.165) is 63.0 Å². The minimum Gasteiger partial charge on any atom is -0.493 e. The van der Waals surface area contributed by atoms with E-state index in [2.05, 4.69) is 52.5 Å². The van der Waals surface area contributed by atoms with Crippen molar-refractivity contribution < 1.29 is 14.2 Å². The average Bonchev–Trinajstić information content (AvgIpc) is 3.26. The van der Waals surface area contributed by atoms with E-state index in [-0.39, 0.29) is 0 Å². The number of H-pyrrole nitrogens is 1. The van der Waals surface area contributed by atoms with Crippen LogP contribution in [0.15, 0.2) is 42.6 Å². The number of ether oxygens (including phenoxy) is 3. The van der Waals surface area contributed by atoms with Gasteiger partial charge in [-0.05, 0) is 72.9 Å². The second-order valence-electron chi connectivity index (χ2n) is 9.12. The van der Waals surface area contributed by atoms with Gasteiger partial charge in [0.25, 0.3) is 0 Å². The first-order valence-corrected chi connectivity index (χ1v) is 11.9. The van der Waals surface area contributed by atoms with Crippen molar-refractivity contribution in [2.45, 2.75) is 38.1 Å². The molecule has 2 aliphatic heterocycles. The smallest absolute Gasteiger partial charge is 0.161 e. The van der Waals surface area contributed by atoms with Gasteiger partial charge in [-0.1, -0.05) is 18.2 Å². The maximum Gasteiger partial charge on any atom is 0.161 e. The molecule has 5 heteroatoms. The first-order chi connectivity index (χ1) is 15.8. The highest BCUT2D eigenvalue weighted by molar-refractivity contribution is 5.83. The first kappa shape index (κ1) is 21.4. The van der Waals surface area contributed by atoms with Crippen molar-refractivity contribution >= 4 is 10.9 Å². The second-order valence-corrected chi connectivity index (χ2v) is 9.12. The molecule has 1 atom stereocenters. The van der Waals surface area contributed by atoms with Gasteiger partial charge < -0.3 is 19.2 Å². The summed E-state index contributed by atoms with van der Waals surface area (Å²) in [6.45, 7) is 4.05. The van der Waals surface area contributed by atoms with Crippen molar-refractivity contribution in [1.29, 1.82) is 0 Å². The van der Waals surface area contributed by atoms with Gasteiger partial charge in [-0.15, -0.1) is 0 Å². The molecule has 0 saturated carbocycles. The summed E-state index contributed by atoms with van der Waals surface area (Å²) in [5.41, 5.74) is 5.42. The van der Waals surface area contributed by atoms with Crippen LogP contribution in [-0.2, 0) is 17.6 Å². The van der Waals surface area contributed by atoms with Crippen molar-refractivity contribution in [3.8, 4) is 11.5 Å². The first-order valence-electron chi connectivity index (χ1n) is 11.9. The van der Waals surface area contributed by atoms with Crippen LogP contribution in [0.1, 0.15) is 42.0 Å². The Hall–Kier alpha value is -2.50. The van der Waals surface area contributed by atoms with Crippen LogP contribution in [0.5, 0.6) is 11.5 Å². The molecule has 1 aromatic heterocycles. The SMILES string of the molecule is COc1cc2c(cc1OC)[C@@H](CCc1c[nH]c3ccccc13)N(CC1CCOCC1)CC2. The van der Waals surface area contributed by atoms with Gasteiger partial charge in [0.05, 0.1) is 14.2 Å². The van der Waals surface area contributed by atoms with Crippen LogP contribution in [0, 0.1) is 5.92 Å². The van der Waals surface area contributed by atoms with Gasteiger partial charge in [0.2, 0.25) is 0 Å². The molecule has 1 N–H and O–H groups in total. The molecule has 3 aromatic rings. The van der Waals surface area contributed by atoms with E-state index >= 15 is 0 Å². The van der Waals surface area contributed by atoms with E-state index in [1.165, 1.54) is 40.4 Å². The number of aromatic nitrogens is 1. The summed E-state index contributed by atoms with van der Waals surface area (Å²) in [7, 11) is 3.45.